The minimum absolute atomic E-state index is 0.405. The molecule has 0 saturated carbocycles. The van der Waals surface area contributed by atoms with Crippen LogP contribution in [0.4, 0.5) is 5.95 Å². The lowest BCUT2D eigenvalue weighted by molar-refractivity contribution is 0.436. The molecule has 0 fully saturated rings. The molecule has 17 heavy (non-hydrogen) atoms. The van der Waals surface area contributed by atoms with E-state index in [1.165, 1.54) is 12.8 Å². The third kappa shape index (κ3) is 2.57. The summed E-state index contributed by atoms with van der Waals surface area (Å²) in [5.41, 5.74) is 0.881. The highest BCUT2D eigenvalue weighted by Gasteiger charge is 2.14. The van der Waals surface area contributed by atoms with Crippen LogP contribution in [0.25, 0.3) is 5.65 Å². The summed E-state index contributed by atoms with van der Waals surface area (Å²) in [7, 11) is 0. The molecule has 4 heteroatoms. The molecule has 0 aliphatic rings. The largest absolute Gasteiger partial charge is 0.350 e. The average Bonchev–Trinajstić information content (AvgIpc) is 2.72. The maximum absolute atomic E-state index is 4.44. The SMILES string of the molecule is CCC(CC)C(C)Nc1nc2ccccn2n1. The Hall–Kier alpha value is -1.58. The molecule has 1 atom stereocenters. The predicted molar refractivity (Wildman–Crippen MR) is 70.1 cm³/mol. The molecular weight excluding hydrogens is 212 g/mol. The Labute approximate surface area is 102 Å². The highest BCUT2D eigenvalue weighted by molar-refractivity contribution is 5.43. The normalized spacial score (nSPS) is 13.2. The Bertz CT molecular complexity index is 440. The van der Waals surface area contributed by atoms with Crippen LogP contribution >= 0.6 is 0 Å². The number of aromatic nitrogens is 3. The molecule has 0 bridgehead atoms. The first kappa shape index (κ1) is 11.9. The smallest absolute Gasteiger partial charge is 0.243 e. The lowest BCUT2D eigenvalue weighted by Crippen LogP contribution is -2.25. The molecule has 0 aromatic carbocycles. The molecular formula is C13H20N4. The summed E-state index contributed by atoms with van der Waals surface area (Å²) in [5.74, 6) is 1.39. The van der Waals surface area contributed by atoms with Crippen molar-refractivity contribution in [2.75, 3.05) is 5.32 Å². The third-order valence-corrected chi connectivity index (χ3v) is 3.35. The van der Waals surface area contributed by atoms with Gasteiger partial charge in [0.25, 0.3) is 0 Å². The van der Waals surface area contributed by atoms with Crippen LogP contribution in [0.15, 0.2) is 24.4 Å². The van der Waals surface area contributed by atoms with E-state index in [4.69, 9.17) is 0 Å². The predicted octanol–water partition coefficient (Wildman–Crippen LogP) is 2.97. The van der Waals surface area contributed by atoms with Crippen molar-refractivity contribution >= 4 is 11.6 Å². The van der Waals surface area contributed by atoms with E-state index in [2.05, 4.69) is 36.2 Å². The Kier molecular flexibility index (Phi) is 3.61. The van der Waals surface area contributed by atoms with Crippen molar-refractivity contribution in [3.05, 3.63) is 24.4 Å². The monoisotopic (exact) mass is 232 g/mol. The first-order chi connectivity index (χ1) is 8.24. The first-order valence-corrected chi connectivity index (χ1v) is 6.32. The number of nitrogens with one attached hydrogen (secondary N) is 1. The summed E-state index contributed by atoms with van der Waals surface area (Å²) >= 11 is 0. The molecule has 0 saturated heterocycles. The second-order valence-corrected chi connectivity index (χ2v) is 4.45. The molecule has 0 amide bonds. The zero-order chi connectivity index (χ0) is 12.3. The van der Waals surface area contributed by atoms with Crippen LogP contribution in [0.5, 0.6) is 0 Å². The molecule has 0 aliphatic carbocycles. The van der Waals surface area contributed by atoms with Crippen molar-refractivity contribution in [2.24, 2.45) is 5.92 Å². The van der Waals surface area contributed by atoms with Crippen LogP contribution in [0, 0.1) is 5.92 Å². The molecule has 2 rings (SSSR count). The summed E-state index contributed by atoms with van der Waals surface area (Å²) in [5, 5.41) is 7.79. The van der Waals surface area contributed by atoms with Crippen LogP contribution in [-0.4, -0.2) is 20.6 Å². The van der Waals surface area contributed by atoms with Crippen molar-refractivity contribution in [1.29, 1.82) is 0 Å². The Morgan fingerprint density at radius 1 is 1.29 bits per heavy atom. The van der Waals surface area contributed by atoms with E-state index in [-0.39, 0.29) is 0 Å². The van der Waals surface area contributed by atoms with Gasteiger partial charge in [0.2, 0.25) is 5.95 Å². The van der Waals surface area contributed by atoms with Crippen LogP contribution in [0.3, 0.4) is 0 Å². The summed E-state index contributed by atoms with van der Waals surface area (Å²) in [6.45, 7) is 6.65. The molecule has 0 radical (unpaired) electrons. The quantitative estimate of drug-likeness (QED) is 0.861. The summed E-state index contributed by atoms with van der Waals surface area (Å²) < 4.78 is 1.79. The number of fused-ring (bicyclic) bond motifs is 1. The van der Waals surface area contributed by atoms with Gasteiger partial charge in [0.15, 0.2) is 5.65 Å². The number of hydrogen-bond donors (Lipinski definition) is 1. The van der Waals surface area contributed by atoms with E-state index in [0.717, 1.165) is 11.6 Å². The third-order valence-electron chi connectivity index (χ3n) is 3.35. The van der Waals surface area contributed by atoms with E-state index in [1.807, 2.05) is 24.4 Å². The summed E-state index contributed by atoms with van der Waals surface area (Å²) in [4.78, 5) is 4.44. The van der Waals surface area contributed by atoms with E-state index in [0.29, 0.717) is 12.0 Å². The molecule has 92 valence electrons. The minimum Gasteiger partial charge on any atom is -0.350 e. The van der Waals surface area contributed by atoms with Crippen LogP contribution in [0.1, 0.15) is 33.6 Å². The molecule has 4 nitrogen and oxygen atoms in total. The molecule has 2 heterocycles. The van der Waals surface area contributed by atoms with Crippen molar-refractivity contribution < 1.29 is 0 Å². The molecule has 2 aromatic heterocycles. The molecule has 0 aliphatic heterocycles. The number of nitrogens with zero attached hydrogens (tertiary/aromatic N) is 3. The Morgan fingerprint density at radius 3 is 2.71 bits per heavy atom. The van der Waals surface area contributed by atoms with Gasteiger partial charge in [0, 0.05) is 12.2 Å². The average molecular weight is 232 g/mol. The van der Waals surface area contributed by atoms with Gasteiger partial charge in [0.1, 0.15) is 0 Å². The fraction of sp³-hybridized carbons (Fsp3) is 0.538. The second kappa shape index (κ2) is 5.17. The van der Waals surface area contributed by atoms with Gasteiger partial charge in [0.05, 0.1) is 0 Å². The van der Waals surface area contributed by atoms with E-state index >= 15 is 0 Å². The maximum Gasteiger partial charge on any atom is 0.243 e. The van der Waals surface area contributed by atoms with Crippen molar-refractivity contribution in [2.45, 2.75) is 39.7 Å². The van der Waals surface area contributed by atoms with Crippen molar-refractivity contribution in [3.63, 3.8) is 0 Å². The van der Waals surface area contributed by atoms with Gasteiger partial charge in [-0.05, 0) is 25.0 Å². The lowest BCUT2D eigenvalue weighted by atomic mass is 9.96. The highest BCUT2D eigenvalue weighted by Crippen LogP contribution is 2.16. The van der Waals surface area contributed by atoms with E-state index in [1.54, 1.807) is 4.52 Å². The van der Waals surface area contributed by atoms with Crippen LogP contribution in [0.2, 0.25) is 0 Å². The summed E-state index contributed by atoms with van der Waals surface area (Å²) in [6, 6.07) is 6.29. The number of hydrogen-bond acceptors (Lipinski definition) is 3. The summed E-state index contributed by atoms with van der Waals surface area (Å²) in [6.07, 6.45) is 4.27. The second-order valence-electron chi connectivity index (χ2n) is 4.45. The molecule has 0 spiro atoms. The first-order valence-electron chi connectivity index (χ1n) is 6.32. The van der Waals surface area contributed by atoms with Gasteiger partial charge in [-0.2, -0.15) is 4.98 Å². The Morgan fingerprint density at radius 2 is 2.06 bits per heavy atom. The zero-order valence-electron chi connectivity index (χ0n) is 10.7. The highest BCUT2D eigenvalue weighted by atomic mass is 15.3. The minimum atomic E-state index is 0.405. The molecule has 1 N–H and O–H groups in total. The molecule has 2 aromatic rings. The van der Waals surface area contributed by atoms with Gasteiger partial charge in [-0.15, -0.1) is 5.10 Å². The van der Waals surface area contributed by atoms with E-state index < -0.39 is 0 Å². The van der Waals surface area contributed by atoms with Gasteiger partial charge in [-0.1, -0.05) is 32.8 Å². The van der Waals surface area contributed by atoms with Crippen LogP contribution < -0.4 is 5.32 Å². The topological polar surface area (TPSA) is 42.2 Å². The number of rotatable bonds is 5. The van der Waals surface area contributed by atoms with Gasteiger partial charge < -0.3 is 5.32 Å². The maximum atomic E-state index is 4.44. The Balaban J connectivity index is 2.12. The van der Waals surface area contributed by atoms with Crippen molar-refractivity contribution in [1.82, 2.24) is 14.6 Å². The zero-order valence-corrected chi connectivity index (χ0v) is 10.7. The number of pyridine rings is 1. The van der Waals surface area contributed by atoms with Gasteiger partial charge in [-0.3, -0.25) is 0 Å². The lowest BCUT2D eigenvalue weighted by Gasteiger charge is -2.21. The van der Waals surface area contributed by atoms with Gasteiger partial charge in [-0.25, -0.2) is 4.52 Å². The number of anilines is 1. The standard InChI is InChI=1S/C13H20N4/c1-4-11(5-2)10(3)14-13-15-12-8-6-7-9-17(12)16-13/h6-11H,4-5H2,1-3H3,(H,14,16). The van der Waals surface area contributed by atoms with Crippen molar-refractivity contribution in [3.8, 4) is 0 Å². The fourth-order valence-corrected chi connectivity index (χ4v) is 2.21. The van der Waals surface area contributed by atoms with Gasteiger partial charge >= 0.3 is 0 Å². The molecule has 1 unspecified atom stereocenters. The fourth-order valence-electron chi connectivity index (χ4n) is 2.21. The van der Waals surface area contributed by atoms with E-state index in [9.17, 15) is 0 Å². The van der Waals surface area contributed by atoms with Crippen LogP contribution in [-0.2, 0) is 0 Å².